The average molecular weight is 497 g/mol. The summed E-state index contributed by atoms with van der Waals surface area (Å²) in [6.07, 6.45) is 8.89. The molecule has 2 aliphatic heterocycles. The molecule has 1 saturated carbocycles. The molecule has 1 amide bonds. The first-order chi connectivity index (χ1) is 17.0. The fourth-order valence-corrected chi connectivity index (χ4v) is 6.33. The molecule has 2 saturated heterocycles. The van der Waals surface area contributed by atoms with Crippen LogP contribution in [0.5, 0.6) is 0 Å². The summed E-state index contributed by atoms with van der Waals surface area (Å²) in [6.45, 7) is 16.2. The SMILES string of the molecule is Cc1cc(NC2CCN(C3CC4(CCN(C(=O)OC(C)(C)C)CC4)C3)CC2)n2ncc(C(C)C)c2n1. The molecule has 8 nitrogen and oxygen atoms in total. The van der Waals surface area contributed by atoms with Crippen molar-refractivity contribution >= 4 is 17.6 Å². The Morgan fingerprint density at radius 3 is 2.42 bits per heavy atom. The van der Waals surface area contributed by atoms with Crippen LogP contribution in [0.4, 0.5) is 10.6 Å². The molecule has 3 aliphatic rings. The Kier molecular flexibility index (Phi) is 6.68. The van der Waals surface area contributed by atoms with Gasteiger partial charge in [-0.1, -0.05) is 13.8 Å². The fraction of sp³-hybridized carbons (Fsp3) is 0.750. The number of aromatic nitrogens is 3. The lowest BCUT2D eigenvalue weighted by molar-refractivity contribution is -0.0524. The number of piperidine rings is 2. The molecule has 0 radical (unpaired) electrons. The smallest absolute Gasteiger partial charge is 0.410 e. The molecular formula is C28H44N6O2. The third kappa shape index (κ3) is 5.20. The maximum absolute atomic E-state index is 12.4. The van der Waals surface area contributed by atoms with Gasteiger partial charge in [-0.15, -0.1) is 0 Å². The van der Waals surface area contributed by atoms with E-state index in [1.165, 1.54) is 18.4 Å². The zero-order valence-electron chi connectivity index (χ0n) is 23.0. The summed E-state index contributed by atoms with van der Waals surface area (Å²) in [4.78, 5) is 21.8. The van der Waals surface area contributed by atoms with Gasteiger partial charge in [0.1, 0.15) is 11.4 Å². The number of nitrogens with zero attached hydrogens (tertiary/aromatic N) is 5. The number of likely N-dealkylation sites (tertiary alicyclic amines) is 2. The molecule has 4 heterocycles. The van der Waals surface area contributed by atoms with E-state index in [2.05, 4.69) is 42.2 Å². The van der Waals surface area contributed by atoms with Crippen LogP contribution in [0.15, 0.2) is 12.3 Å². The number of carbonyl (C=O) groups excluding carboxylic acids is 1. The molecule has 0 atom stereocenters. The molecule has 2 aromatic heterocycles. The Balaban J connectivity index is 1.10. The third-order valence-electron chi connectivity index (χ3n) is 8.46. The fourth-order valence-electron chi connectivity index (χ4n) is 6.33. The van der Waals surface area contributed by atoms with Crippen LogP contribution in [0.1, 0.15) is 90.3 Å². The summed E-state index contributed by atoms with van der Waals surface area (Å²) >= 11 is 0. The van der Waals surface area contributed by atoms with Crippen molar-refractivity contribution in [2.24, 2.45) is 5.41 Å². The molecule has 0 unspecified atom stereocenters. The predicted octanol–water partition coefficient (Wildman–Crippen LogP) is 5.22. The monoisotopic (exact) mass is 496 g/mol. The number of anilines is 1. The molecule has 5 rings (SSSR count). The van der Waals surface area contributed by atoms with Crippen molar-refractivity contribution in [1.29, 1.82) is 0 Å². The highest BCUT2D eigenvalue weighted by atomic mass is 16.6. The standard InChI is InChI=1S/C28H44N6O2/c1-19(2)23-18-29-34-24(15-20(3)30-25(23)34)31-21-7-11-32(12-8-21)22-16-28(17-22)9-13-33(14-10-28)26(35)36-27(4,5)6/h15,18-19,21-22,31H,7-14,16-17H2,1-6H3. The van der Waals surface area contributed by atoms with Gasteiger partial charge in [-0.3, -0.25) is 0 Å². The lowest BCUT2D eigenvalue weighted by Crippen LogP contribution is -2.57. The van der Waals surface area contributed by atoms with Crippen LogP contribution in [-0.4, -0.2) is 74.4 Å². The second kappa shape index (κ2) is 9.51. The van der Waals surface area contributed by atoms with Crippen molar-refractivity contribution in [3.8, 4) is 0 Å². The molecule has 36 heavy (non-hydrogen) atoms. The van der Waals surface area contributed by atoms with E-state index in [1.807, 2.05) is 36.4 Å². The van der Waals surface area contributed by atoms with Gasteiger partial charge in [-0.2, -0.15) is 9.61 Å². The van der Waals surface area contributed by atoms with Crippen molar-refractivity contribution in [3.63, 3.8) is 0 Å². The largest absolute Gasteiger partial charge is 0.444 e. The first-order valence-corrected chi connectivity index (χ1v) is 13.9. The zero-order chi connectivity index (χ0) is 25.7. The number of aryl methyl sites for hydroxylation is 1. The van der Waals surface area contributed by atoms with E-state index >= 15 is 0 Å². The molecule has 2 aromatic rings. The van der Waals surface area contributed by atoms with Crippen molar-refractivity contribution in [1.82, 2.24) is 24.4 Å². The number of fused-ring (bicyclic) bond motifs is 1. The number of hydrogen-bond acceptors (Lipinski definition) is 6. The van der Waals surface area contributed by atoms with Gasteiger partial charge < -0.3 is 19.9 Å². The minimum absolute atomic E-state index is 0.153. The van der Waals surface area contributed by atoms with Gasteiger partial charge in [-0.05, 0) is 77.6 Å². The molecule has 198 valence electrons. The molecule has 1 aliphatic carbocycles. The molecular weight excluding hydrogens is 452 g/mol. The van der Waals surface area contributed by atoms with Gasteiger partial charge in [0, 0.05) is 55.6 Å². The van der Waals surface area contributed by atoms with E-state index in [9.17, 15) is 4.79 Å². The zero-order valence-corrected chi connectivity index (χ0v) is 23.0. The molecule has 1 spiro atoms. The van der Waals surface area contributed by atoms with E-state index in [1.54, 1.807) is 0 Å². The number of rotatable bonds is 4. The molecule has 3 fully saturated rings. The number of amides is 1. The minimum atomic E-state index is -0.424. The maximum atomic E-state index is 12.4. The lowest BCUT2D eigenvalue weighted by Gasteiger charge is -2.56. The highest BCUT2D eigenvalue weighted by Gasteiger charge is 2.48. The number of carbonyl (C=O) groups is 1. The Bertz CT molecular complexity index is 1080. The number of ether oxygens (including phenoxy) is 1. The Hall–Kier alpha value is -2.35. The Morgan fingerprint density at radius 1 is 1.14 bits per heavy atom. The van der Waals surface area contributed by atoms with Crippen LogP contribution in [0.25, 0.3) is 5.65 Å². The van der Waals surface area contributed by atoms with Crippen LogP contribution >= 0.6 is 0 Å². The van der Waals surface area contributed by atoms with Crippen LogP contribution in [0, 0.1) is 12.3 Å². The molecule has 1 N–H and O–H groups in total. The maximum Gasteiger partial charge on any atom is 0.410 e. The van der Waals surface area contributed by atoms with Crippen LogP contribution < -0.4 is 5.32 Å². The number of hydrogen-bond donors (Lipinski definition) is 1. The minimum Gasteiger partial charge on any atom is -0.444 e. The van der Waals surface area contributed by atoms with Crippen molar-refractivity contribution in [3.05, 3.63) is 23.5 Å². The highest BCUT2D eigenvalue weighted by molar-refractivity contribution is 5.68. The summed E-state index contributed by atoms with van der Waals surface area (Å²) in [5, 5.41) is 8.43. The molecule has 0 aromatic carbocycles. The van der Waals surface area contributed by atoms with E-state index < -0.39 is 5.60 Å². The lowest BCUT2D eigenvalue weighted by atomic mass is 9.60. The predicted molar refractivity (Wildman–Crippen MR) is 143 cm³/mol. The summed E-state index contributed by atoms with van der Waals surface area (Å²) in [5.74, 6) is 1.46. The summed E-state index contributed by atoms with van der Waals surface area (Å²) in [5.41, 5.74) is 3.22. The Labute approximate surface area is 215 Å². The topological polar surface area (TPSA) is 75.0 Å². The van der Waals surface area contributed by atoms with Crippen molar-refractivity contribution < 1.29 is 9.53 Å². The first-order valence-electron chi connectivity index (χ1n) is 13.9. The average Bonchev–Trinajstić information content (AvgIpc) is 3.21. The number of nitrogens with one attached hydrogen (secondary N) is 1. The van der Waals surface area contributed by atoms with Crippen molar-refractivity contribution in [2.45, 2.75) is 104 Å². The van der Waals surface area contributed by atoms with Gasteiger partial charge in [0.25, 0.3) is 0 Å². The van der Waals surface area contributed by atoms with Gasteiger partial charge in [0.05, 0.1) is 6.20 Å². The quantitative estimate of drug-likeness (QED) is 0.626. The second-order valence-corrected chi connectivity index (χ2v) is 12.8. The molecule has 0 bridgehead atoms. The summed E-state index contributed by atoms with van der Waals surface area (Å²) in [7, 11) is 0. The van der Waals surface area contributed by atoms with Crippen molar-refractivity contribution in [2.75, 3.05) is 31.5 Å². The highest BCUT2D eigenvalue weighted by Crippen LogP contribution is 2.51. The van der Waals surface area contributed by atoms with E-state index in [-0.39, 0.29) is 6.09 Å². The Morgan fingerprint density at radius 2 is 1.81 bits per heavy atom. The van der Waals surface area contributed by atoms with Gasteiger partial charge in [0.15, 0.2) is 5.65 Å². The van der Waals surface area contributed by atoms with E-state index in [0.29, 0.717) is 23.4 Å². The first kappa shape index (κ1) is 25.3. The third-order valence-corrected chi connectivity index (χ3v) is 8.46. The molecule has 8 heteroatoms. The summed E-state index contributed by atoms with van der Waals surface area (Å²) in [6, 6.07) is 3.29. The van der Waals surface area contributed by atoms with Crippen LogP contribution in [-0.2, 0) is 4.74 Å². The van der Waals surface area contributed by atoms with Gasteiger partial charge >= 0.3 is 6.09 Å². The van der Waals surface area contributed by atoms with E-state index in [0.717, 1.165) is 69.0 Å². The summed E-state index contributed by atoms with van der Waals surface area (Å²) < 4.78 is 7.55. The van der Waals surface area contributed by atoms with Crippen LogP contribution in [0.2, 0.25) is 0 Å². The second-order valence-electron chi connectivity index (χ2n) is 12.8. The van der Waals surface area contributed by atoms with Crippen LogP contribution in [0.3, 0.4) is 0 Å². The van der Waals surface area contributed by atoms with Gasteiger partial charge in [0.2, 0.25) is 0 Å². The van der Waals surface area contributed by atoms with Gasteiger partial charge in [-0.25, -0.2) is 9.78 Å². The normalized spacial score (nSPS) is 21.8. The van der Waals surface area contributed by atoms with E-state index in [4.69, 9.17) is 9.72 Å².